The molecule has 0 heterocycles. The average molecular weight is 398 g/mol. The molecule has 4 N–H and O–H groups in total. The Labute approximate surface area is 160 Å². The van der Waals surface area contributed by atoms with Gasteiger partial charge in [0.05, 0.1) is 11.3 Å². The topological polar surface area (TPSA) is 101 Å². The van der Waals surface area contributed by atoms with Crippen LogP contribution in [0.3, 0.4) is 0 Å². The second-order valence-corrected chi connectivity index (χ2v) is 7.82. The van der Waals surface area contributed by atoms with Gasteiger partial charge in [0.25, 0.3) is 5.91 Å². The number of sulfonamides is 1. The van der Waals surface area contributed by atoms with Crippen LogP contribution < -0.4 is 15.8 Å². The molecule has 0 aromatic heterocycles. The van der Waals surface area contributed by atoms with E-state index in [-0.39, 0.29) is 36.7 Å². The summed E-state index contributed by atoms with van der Waals surface area (Å²) in [5.41, 5.74) is 8.00. The Morgan fingerprint density at radius 2 is 1.62 bits per heavy atom. The molecular weight excluding hydrogens is 374 g/mol. The molecule has 0 aliphatic heterocycles. The van der Waals surface area contributed by atoms with E-state index in [1.54, 1.807) is 56.3 Å². The lowest BCUT2D eigenvalue weighted by molar-refractivity contribution is 0.0951. The molecule has 0 atom stereocenters. The second-order valence-electron chi connectivity index (χ2n) is 6.07. The van der Waals surface area contributed by atoms with Crippen LogP contribution in [0.4, 0.5) is 5.69 Å². The second kappa shape index (κ2) is 9.56. The average Bonchev–Trinajstić information content (AvgIpc) is 2.52. The smallest absolute Gasteiger partial charge is 0.253 e. The summed E-state index contributed by atoms with van der Waals surface area (Å²) in [4.78, 5) is 12.3. The molecular formula is C18H24ClN3O3S. The highest BCUT2D eigenvalue weighted by Crippen LogP contribution is 2.14. The van der Waals surface area contributed by atoms with Gasteiger partial charge in [0.1, 0.15) is 0 Å². The molecule has 142 valence electrons. The van der Waals surface area contributed by atoms with Crippen molar-refractivity contribution in [3.8, 4) is 0 Å². The summed E-state index contributed by atoms with van der Waals surface area (Å²) in [6.45, 7) is 3.77. The van der Waals surface area contributed by atoms with Gasteiger partial charge >= 0.3 is 0 Å². The van der Waals surface area contributed by atoms with E-state index < -0.39 is 10.0 Å². The first kappa shape index (κ1) is 22.0. The summed E-state index contributed by atoms with van der Waals surface area (Å²) in [7, 11) is -3.44. The number of halogens is 1. The van der Waals surface area contributed by atoms with E-state index in [9.17, 15) is 13.2 Å². The lowest BCUT2D eigenvalue weighted by atomic mass is 10.1. The number of anilines is 1. The lowest BCUT2D eigenvalue weighted by Crippen LogP contribution is -2.32. The first-order chi connectivity index (χ1) is 11.8. The number of hydrogen-bond donors (Lipinski definition) is 3. The molecule has 26 heavy (non-hydrogen) atoms. The normalized spacial score (nSPS) is 11.0. The molecule has 0 bridgehead atoms. The van der Waals surface area contributed by atoms with Crippen molar-refractivity contribution in [1.82, 2.24) is 10.0 Å². The largest absolute Gasteiger partial charge is 0.398 e. The fraction of sp³-hybridized carbons (Fsp3) is 0.278. The molecule has 0 spiro atoms. The number of rotatable bonds is 7. The Morgan fingerprint density at radius 1 is 1.04 bits per heavy atom. The Bertz CT molecular complexity index is 854. The zero-order valence-corrected chi connectivity index (χ0v) is 16.4. The third-order valence-electron chi connectivity index (χ3n) is 3.52. The Hall–Kier alpha value is -2.09. The molecule has 0 saturated heterocycles. The van der Waals surface area contributed by atoms with Crippen LogP contribution in [-0.2, 0) is 22.3 Å². The minimum atomic E-state index is -3.44. The van der Waals surface area contributed by atoms with Gasteiger partial charge in [0.15, 0.2) is 0 Å². The fourth-order valence-corrected chi connectivity index (χ4v) is 3.94. The number of para-hydroxylation sites is 1. The summed E-state index contributed by atoms with van der Waals surface area (Å²) in [6.07, 6.45) is 0. The number of benzene rings is 2. The van der Waals surface area contributed by atoms with Gasteiger partial charge in [-0.15, -0.1) is 12.4 Å². The minimum Gasteiger partial charge on any atom is -0.398 e. The molecule has 8 heteroatoms. The van der Waals surface area contributed by atoms with E-state index in [1.165, 1.54) is 0 Å². The first-order valence-electron chi connectivity index (χ1n) is 7.98. The highest BCUT2D eigenvalue weighted by atomic mass is 35.5. The van der Waals surface area contributed by atoms with Crippen molar-refractivity contribution in [2.24, 2.45) is 0 Å². The van der Waals surface area contributed by atoms with E-state index in [1.807, 2.05) is 6.07 Å². The van der Waals surface area contributed by atoms with E-state index in [2.05, 4.69) is 10.0 Å². The summed E-state index contributed by atoms with van der Waals surface area (Å²) in [5, 5.41) is 2.79. The fourth-order valence-electron chi connectivity index (χ4n) is 2.45. The molecule has 0 aliphatic rings. The third-order valence-corrected chi connectivity index (χ3v) is 5.05. The zero-order valence-electron chi connectivity index (χ0n) is 14.7. The molecule has 0 fully saturated rings. The first-order valence-corrected chi connectivity index (χ1v) is 9.63. The van der Waals surface area contributed by atoms with Gasteiger partial charge < -0.3 is 11.1 Å². The molecule has 0 radical (unpaired) electrons. The lowest BCUT2D eigenvalue weighted by Gasteiger charge is -2.13. The molecule has 1 amide bonds. The molecule has 6 nitrogen and oxygen atoms in total. The highest BCUT2D eigenvalue weighted by molar-refractivity contribution is 7.88. The van der Waals surface area contributed by atoms with Gasteiger partial charge in [-0.25, -0.2) is 13.1 Å². The number of amides is 1. The predicted molar refractivity (Wildman–Crippen MR) is 107 cm³/mol. The molecule has 0 unspecified atom stereocenters. The maximum atomic E-state index is 12.3. The van der Waals surface area contributed by atoms with Gasteiger partial charge in [-0.05, 0) is 37.1 Å². The van der Waals surface area contributed by atoms with Gasteiger partial charge in [-0.2, -0.15) is 0 Å². The van der Waals surface area contributed by atoms with Crippen molar-refractivity contribution in [3.63, 3.8) is 0 Å². The van der Waals surface area contributed by atoms with Gasteiger partial charge in [-0.1, -0.05) is 36.4 Å². The van der Waals surface area contributed by atoms with Crippen LogP contribution in [0.1, 0.15) is 35.3 Å². The Balaban J connectivity index is 0.00000338. The molecule has 0 aliphatic carbocycles. The van der Waals surface area contributed by atoms with Crippen molar-refractivity contribution < 1.29 is 13.2 Å². The van der Waals surface area contributed by atoms with Crippen LogP contribution in [-0.4, -0.2) is 20.4 Å². The van der Waals surface area contributed by atoms with Crippen molar-refractivity contribution >= 4 is 34.0 Å². The number of nitrogen functional groups attached to an aromatic ring is 1. The van der Waals surface area contributed by atoms with E-state index >= 15 is 0 Å². The van der Waals surface area contributed by atoms with Crippen LogP contribution >= 0.6 is 12.4 Å². The molecule has 2 aromatic carbocycles. The monoisotopic (exact) mass is 397 g/mol. The number of carbonyl (C=O) groups excluding carboxylic acids is 1. The van der Waals surface area contributed by atoms with Crippen LogP contribution in [0, 0.1) is 0 Å². The minimum absolute atomic E-state index is 0. The Morgan fingerprint density at radius 3 is 2.23 bits per heavy atom. The zero-order chi connectivity index (χ0) is 18.4. The van der Waals surface area contributed by atoms with E-state index in [4.69, 9.17) is 5.73 Å². The SMILES string of the molecule is CC(C)NS(=O)(=O)Cc1ccccc1CNC(=O)c1ccccc1N.Cl. The summed E-state index contributed by atoms with van der Waals surface area (Å²) >= 11 is 0. The van der Waals surface area contributed by atoms with Crippen LogP contribution in [0.15, 0.2) is 48.5 Å². The molecule has 0 saturated carbocycles. The highest BCUT2D eigenvalue weighted by Gasteiger charge is 2.16. The summed E-state index contributed by atoms with van der Waals surface area (Å²) in [6, 6.07) is 13.8. The van der Waals surface area contributed by atoms with Crippen LogP contribution in [0.25, 0.3) is 0 Å². The predicted octanol–water partition coefficient (Wildman–Crippen LogP) is 2.45. The number of nitrogens with two attached hydrogens (primary N) is 1. The summed E-state index contributed by atoms with van der Waals surface area (Å²) < 4.78 is 26.9. The van der Waals surface area contributed by atoms with Crippen LogP contribution in [0.5, 0.6) is 0 Å². The van der Waals surface area contributed by atoms with Crippen molar-refractivity contribution in [1.29, 1.82) is 0 Å². The standard InChI is InChI=1S/C18H23N3O3S.ClH/c1-13(2)21-25(23,24)12-15-8-4-3-7-14(15)11-20-18(22)16-9-5-6-10-17(16)19;/h3-10,13,21H,11-12,19H2,1-2H3,(H,20,22);1H. The van der Waals surface area contributed by atoms with Gasteiger partial charge in [0.2, 0.25) is 10.0 Å². The number of nitrogens with one attached hydrogen (secondary N) is 2. The van der Waals surface area contributed by atoms with Gasteiger partial charge in [0, 0.05) is 18.3 Å². The Kier molecular flexibility index (Phi) is 8.08. The van der Waals surface area contributed by atoms with Gasteiger partial charge in [-0.3, -0.25) is 4.79 Å². The molecule has 2 aromatic rings. The third kappa shape index (κ3) is 6.33. The quantitative estimate of drug-likeness (QED) is 0.624. The van der Waals surface area contributed by atoms with Crippen molar-refractivity contribution in [3.05, 3.63) is 65.2 Å². The maximum Gasteiger partial charge on any atom is 0.253 e. The number of carbonyl (C=O) groups is 1. The summed E-state index contributed by atoms with van der Waals surface area (Å²) in [5.74, 6) is -0.430. The maximum absolute atomic E-state index is 12.3. The molecule has 2 rings (SSSR count). The van der Waals surface area contributed by atoms with E-state index in [0.717, 1.165) is 5.56 Å². The van der Waals surface area contributed by atoms with E-state index in [0.29, 0.717) is 16.8 Å². The van der Waals surface area contributed by atoms with Crippen molar-refractivity contribution in [2.45, 2.75) is 32.2 Å². The van der Waals surface area contributed by atoms with Crippen LogP contribution in [0.2, 0.25) is 0 Å². The number of hydrogen-bond acceptors (Lipinski definition) is 4. The van der Waals surface area contributed by atoms with Crippen molar-refractivity contribution in [2.75, 3.05) is 5.73 Å².